The number of pyridine rings is 1. The Balaban J connectivity index is 1.74. The molecular formula is C16H23N5O3. The highest BCUT2D eigenvalue weighted by molar-refractivity contribution is 5.81. The van der Waals surface area contributed by atoms with Gasteiger partial charge in [0.1, 0.15) is 0 Å². The van der Waals surface area contributed by atoms with E-state index in [1.165, 1.54) is 0 Å². The third-order valence-electron chi connectivity index (χ3n) is 4.47. The number of ether oxygens (including phenoxy) is 1. The van der Waals surface area contributed by atoms with Crippen LogP contribution >= 0.6 is 0 Å². The predicted molar refractivity (Wildman–Crippen MR) is 89.9 cm³/mol. The second kappa shape index (κ2) is 6.74. The number of amides is 1. The molecule has 1 saturated heterocycles. The average Bonchev–Trinajstić information content (AvgIpc) is 2.82. The van der Waals surface area contributed by atoms with Crippen molar-refractivity contribution in [1.29, 1.82) is 0 Å². The summed E-state index contributed by atoms with van der Waals surface area (Å²) in [5, 5.41) is 9.48. The van der Waals surface area contributed by atoms with Crippen LogP contribution in [-0.2, 0) is 23.1 Å². The maximum atomic E-state index is 12.1. The fourth-order valence-electron chi connectivity index (χ4n) is 3.14. The zero-order valence-corrected chi connectivity index (χ0v) is 14.2. The van der Waals surface area contributed by atoms with Crippen LogP contribution in [0.2, 0.25) is 0 Å². The zero-order chi connectivity index (χ0) is 17.3. The van der Waals surface area contributed by atoms with Gasteiger partial charge in [-0.15, -0.1) is 0 Å². The molecule has 1 aliphatic rings. The summed E-state index contributed by atoms with van der Waals surface area (Å²) in [5.74, 6) is -0.0427. The van der Waals surface area contributed by atoms with Crippen molar-refractivity contribution < 1.29 is 9.53 Å². The molecule has 1 unspecified atom stereocenters. The molecule has 0 bridgehead atoms. The molecule has 8 heteroatoms. The smallest absolute Gasteiger partial charge is 0.273 e. The predicted octanol–water partition coefficient (Wildman–Crippen LogP) is -0.127. The van der Waals surface area contributed by atoms with E-state index < -0.39 is 0 Å². The van der Waals surface area contributed by atoms with Crippen LogP contribution in [0.4, 0.5) is 0 Å². The van der Waals surface area contributed by atoms with Crippen molar-refractivity contribution in [3.63, 3.8) is 0 Å². The Hall–Kier alpha value is -2.19. The molecule has 3 heterocycles. The van der Waals surface area contributed by atoms with Gasteiger partial charge in [0.2, 0.25) is 5.91 Å². The fourth-order valence-corrected chi connectivity index (χ4v) is 3.14. The summed E-state index contributed by atoms with van der Waals surface area (Å²) in [6.45, 7) is 6.16. The van der Waals surface area contributed by atoms with E-state index in [0.717, 1.165) is 23.4 Å². The number of rotatable bonds is 4. The molecule has 0 radical (unpaired) electrons. The lowest BCUT2D eigenvalue weighted by Crippen LogP contribution is -2.44. The quantitative estimate of drug-likeness (QED) is 0.724. The van der Waals surface area contributed by atoms with Gasteiger partial charge in [-0.2, -0.15) is 0 Å². The highest BCUT2D eigenvalue weighted by atomic mass is 16.5. The van der Waals surface area contributed by atoms with Crippen LogP contribution in [0.1, 0.15) is 23.2 Å². The molecule has 1 atom stereocenters. The molecule has 2 aromatic rings. The SMILES string of the molecule is Cc1nc2c(c(C)c1CNC(=O)CC1COCCN1)c(=O)[nH]n2C. The fraction of sp³-hybridized carbons (Fsp3) is 0.562. The van der Waals surface area contributed by atoms with E-state index in [0.29, 0.717) is 37.2 Å². The van der Waals surface area contributed by atoms with E-state index in [-0.39, 0.29) is 17.5 Å². The van der Waals surface area contributed by atoms with Gasteiger partial charge >= 0.3 is 0 Å². The van der Waals surface area contributed by atoms with Gasteiger partial charge in [-0.25, -0.2) is 4.98 Å². The first kappa shape index (κ1) is 16.7. The van der Waals surface area contributed by atoms with Gasteiger partial charge in [0, 0.05) is 38.3 Å². The summed E-state index contributed by atoms with van der Waals surface area (Å²) in [6.07, 6.45) is 0.375. The molecule has 0 spiro atoms. The van der Waals surface area contributed by atoms with Crippen molar-refractivity contribution in [3.05, 3.63) is 27.2 Å². The lowest BCUT2D eigenvalue weighted by Gasteiger charge is -2.23. The molecule has 1 fully saturated rings. The standard InChI is InChI=1S/C16H23N5O3/c1-9-12(7-18-13(22)6-11-8-24-5-4-17-11)10(2)19-15-14(9)16(23)20-21(15)3/h11,17H,4-8H2,1-3H3,(H,18,22)(H,20,23). The van der Waals surface area contributed by atoms with Crippen molar-refractivity contribution in [2.24, 2.45) is 7.05 Å². The monoisotopic (exact) mass is 333 g/mol. The van der Waals surface area contributed by atoms with Crippen molar-refractivity contribution >= 4 is 16.9 Å². The Morgan fingerprint density at radius 2 is 2.25 bits per heavy atom. The van der Waals surface area contributed by atoms with Crippen molar-refractivity contribution in [2.75, 3.05) is 19.8 Å². The summed E-state index contributed by atoms with van der Waals surface area (Å²) in [4.78, 5) is 28.7. The number of nitrogens with one attached hydrogen (secondary N) is 3. The number of aryl methyl sites for hydroxylation is 3. The number of carbonyl (C=O) groups is 1. The van der Waals surface area contributed by atoms with E-state index in [2.05, 4.69) is 20.7 Å². The normalized spacial score (nSPS) is 18.0. The van der Waals surface area contributed by atoms with Gasteiger partial charge in [0.15, 0.2) is 5.65 Å². The van der Waals surface area contributed by atoms with Gasteiger partial charge in [-0.3, -0.25) is 19.4 Å². The minimum absolute atomic E-state index is 0.0427. The number of carbonyl (C=O) groups excluding carboxylic acids is 1. The van der Waals surface area contributed by atoms with Crippen molar-refractivity contribution in [2.45, 2.75) is 32.9 Å². The third-order valence-corrected chi connectivity index (χ3v) is 4.47. The van der Waals surface area contributed by atoms with Crippen LogP contribution in [-0.4, -0.2) is 46.5 Å². The molecule has 3 rings (SSSR count). The van der Waals surface area contributed by atoms with Crippen LogP contribution in [0.3, 0.4) is 0 Å². The lowest BCUT2D eigenvalue weighted by molar-refractivity contribution is -0.122. The molecule has 1 aliphatic heterocycles. The molecule has 3 N–H and O–H groups in total. The first-order valence-corrected chi connectivity index (χ1v) is 8.10. The van der Waals surface area contributed by atoms with Gasteiger partial charge in [-0.1, -0.05) is 0 Å². The van der Waals surface area contributed by atoms with Crippen LogP contribution in [0, 0.1) is 13.8 Å². The second-order valence-electron chi connectivity index (χ2n) is 6.21. The maximum absolute atomic E-state index is 12.1. The van der Waals surface area contributed by atoms with Crippen LogP contribution < -0.4 is 16.2 Å². The summed E-state index contributed by atoms with van der Waals surface area (Å²) in [5.41, 5.74) is 3.04. The summed E-state index contributed by atoms with van der Waals surface area (Å²) in [7, 11) is 1.76. The maximum Gasteiger partial charge on any atom is 0.273 e. The second-order valence-corrected chi connectivity index (χ2v) is 6.21. The Labute approximate surface area is 139 Å². The lowest BCUT2D eigenvalue weighted by atomic mass is 10.0. The summed E-state index contributed by atoms with van der Waals surface area (Å²) >= 11 is 0. The Morgan fingerprint density at radius 1 is 1.46 bits per heavy atom. The number of hydrogen-bond donors (Lipinski definition) is 3. The Kier molecular flexibility index (Phi) is 4.68. The van der Waals surface area contributed by atoms with Crippen LogP contribution in [0.25, 0.3) is 11.0 Å². The van der Waals surface area contributed by atoms with Crippen molar-refractivity contribution in [1.82, 2.24) is 25.4 Å². The Morgan fingerprint density at radius 3 is 2.96 bits per heavy atom. The van der Waals surface area contributed by atoms with Gasteiger partial charge in [-0.05, 0) is 25.0 Å². The number of aromatic nitrogens is 3. The van der Waals surface area contributed by atoms with Gasteiger partial charge in [0.05, 0.1) is 18.6 Å². The van der Waals surface area contributed by atoms with Crippen molar-refractivity contribution in [3.8, 4) is 0 Å². The first-order valence-electron chi connectivity index (χ1n) is 8.10. The highest BCUT2D eigenvalue weighted by Crippen LogP contribution is 2.19. The molecule has 24 heavy (non-hydrogen) atoms. The first-order chi connectivity index (χ1) is 11.5. The molecular weight excluding hydrogens is 310 g/mol. The molecule has 0 aromatic carbocycles. The summed E-state index contributed by atoms with van der Waals surface area (Å²) < 4.78 is 6.97. The molecule has 2 aromatic heterocycles. The van der Waals surface area contributed by atoms with Gasteiger partial charge in [0.25, 0.3) is 5.56 Å². The number of nitrogens with zero attached hydrogens (tertiary/aromatic N) is 2. The number of aromatic amines is 1. The van der Waals surface area contributed by atoms with E-state index >= 15 is 0 Å². The largest absolute Gasteiger partial charge is 0.378 e. The highest BCUT2D eigenvalue weighted by Gasteiger charge is 2.18. The van der Waals surface area contributed by atoms with E-state index in [1.54, 1.807) is 11.7 Å². The number of hydrogen-bond acceptors (Lipinski definition) is 5. The van der Waals surface area contributed by atoms with Crippen LogP contribution in [0.15, 0.2) is 4.79 Å². The molecule has 0 aliphatic carbocycles. The number of fused-ring (bicyclic) bond motifs is 1. The van der Waals surface area contributed by atoms with E-state index in [9.17, 15) is 9.59 Å². The van der Waals surface area contributed by atoms with Crippen LogP contribution in [0.5, 0.6) is 0 Å². The minimum Gasteiger partial charge on any atom is -0.378 e. The average molecular weight is 333 g/mol. The molecule has 0 saturated carbocycles. The van der Waals surface area contributed by atoms with E-state index in [1.807, 2.05) is 13.8 Å². The minimum atomic E-state index is -0.159. The topological polar surface area (TPSA) is 101 Å². The number of H-pyrrole nitrogens is 1. The number of morpholine rings is 1. The molecule has 1 amide bonds. The molecule has 130 valence electrons. The van der Waals surface area contributed by atoms with Gasteiger partial charge < -0.3 is 15.4 Å². The van der Waals surface area contributed by atoms with E-state index in [4.69, 9.17) is 4.74 Å². The summed E-state index contributed by atoms with van der Waals surface area (Å²) in [6, 6.07) is 0.0542. The Bertz CT molecular complexity index is 817. The third kappa shape index (κ3) is 3.20. The molecule has 8 nitrogen and oxygen atoms in total. The zero-order valence-electron chi connectivity index (χ0n) is 14.2.